The molecule has 0 bridgehead atoms. The molecule has 0 saturated carbocycles. The summed E-state index contributed by atoms with van der Waals surface area (Å²) in [4.78, 5) is 2.50. The first-order valence-electron chi connectivity index (χ1n) is 6.73. The Kier molecular flexibility index (Phi) is 2.83. The molecule has 2 aliphatic heterocycles. The molecular weight excluding hydrogens is 210 g/mol. The Hall–Kier alpha value is -1.02. The van der Waals surface area contributed by atoms with Crippen LogP contribution >= 0.6 is 0 Å². The van der Waals surface area contributed by atoms with Gasteiger partial charge in [-0.05, 0) is 50.3 Å². The molecule has 2 heterocycles. The number of rotatable bonds is 1. The van der Waals surface area contributed by atoms with Crippen molar-refractivity contribution in [2.45, 2.75) is 38.2 Å². The molecule has 0 radical (unpaired) electrons. The van der Waals surface area contributed by atoms with Crippen LogP contribution in [0.1, 0.15) is 31.2 Å². The molecule has 2 saturated heterocycles. The molecule has 0 unspecified atom stereocenters. The van der Waals surface area contributed by atoms with Gasteiger partial charge in [0, 0.05) is 25.4 Å². The molecule has 2 aliphatic rings. The van der Waals surface area contributed by atoms with E-state index in [0.717, 1.165) is 19.7 Å². The van der Waals surface area contributed by atoms with Crippen LogP contribution in [0.25, 0.3) is 0 Å². The van der Waals surface area contributed by atoms with Gasteiger partial charge < -0.3 is 9.64 Å². The minimum absolute atomic E-state index is 0.236. The Morgan fingerprint density at radius 1 is 1.18 bits per heavy atom. The summed E-state index contributed by atoms with van der Waals surface area (Å²) < 4.78 is 5.96. The molecule has 0 N–H and O–H groups in total. The largest absolute Gasteiger partial charge is 0.375 e. The van der Waals surface area contributed by atoms with Gasteiger partial charge in [-0.1, -0.05) is 12.1 Å². The number of benzene rings is 1. The lowest BCUT2D eigenvalue weighted by Gasteiger charge is -2.39. The number of hydrogen-bond donors (Lipinski definition) is 0. The molecule has 17 heavy (non-hydrogen) atoms. The molecule has 1 aromatic rings. The normalized spacial score (nSPS) is 23.2. The van der Waals surface area contributed by atoms with Crippen LogP contribution in [0.4, 0.5) is 5.69 Å². The standard InChI is InChI=1S/C15H21NO/c1-13-4-2-5-14(12-13)16-9-7-15(8-10-16)6-3-11-17-15/h2,4-5,12H,3,6-11H2,1H3. The molecular formula is C15H21NO. The fourth-order valence-electron chi connectivity index (χ4n) is 3.15. The highest BCUT2D eigenvalue weighted by atomic mass is 16.5. The topological polar surface area (TPSA) is 12.5 Å². The van der Waals surface area contributed by atoms with Crippen molar-refractivity contribution >= 4 is 5.69 Å². The molecule has 1 spiro atoms. The summed E-state index contributed by atoms with van der Waals surface area (Å²) in [6, 6.07) is 8.82. The van der Waals surface area contributed by atoms with Gasteiger partial charge in [0.05, 0.1) is 5.60 Å². The van der Waals surface area contributed by atoms with Crippen LogP contribution in [0, 0.1) is 6.92 Å². The molecule has 0 amide bonds. The van der Waals surface area contributed by atoms with Crippen LogP contribution in [-0.2, 0) is 4.74 Å². The molecule has 0 aliphatic carbocycles. The highest BCUT2D eigenvalue weighted by Crippen LogP contribution is 2.36. The van der Waals surface area contributed by atoms with Crippen LogP contribution in [0.2, 0.25) is 0 Å². The predicted octanol–water partition coefficient (Wildman–Crippen LogP) is 3.14. The molecule has 2 heteroatoms. The Labute approximate surface area is 104 Å². The summed E-state index contributed by atoms with van der Waals surface area (Å²) in [5.41, 5.74) is 2.96. The maximum Gasteiger partial charge on any atom is 0.0717 e. The van der Waals surface area contributed by atoms with Crippen molar-refractivity contribution in [1.29, 1.82) is 0 Å². The van der Waals surface area contributed by atoms with E-state index >= 15 is 0 Å². The van der Waals surface area contributed by atoms with Crippen molar-refractivity contribution in [3.05, 3.63) is 29.8 Å². The SMILES string of the molecule is Cc1cccc(N2CCC3(CCCO3)CC2)c1. The second-order valence-corrected chi connectivity index (χ2v) is 5.46. The van der Waals surface area contributed by atoms with E-state index in [-0.39, 0.29) is 5.60 Å². The molecule has 2 nitrogen and oxygen atoms in total. The first-order chi connectivity index (χ1) is 8.27. The van der Waals surface area contributed by atoms with Gasteiger partial charge in [0.2, 0.25) is 0 Å². The van der Waals surface area contributed by atoms with Crippen LogP contribution in [0.15, 0.2) is 24.3 Å². The van der Waals surface area contributed by atoms with Crippen molar-refractivity contribution in [2.24, 2.45) is 0 Å². The third kappa shape index (κ3) is 2.19. The van der Waals surface area contributed by atoms with Crippen LogP contribution in [-0.4, -0.2) is 25.3 Å². The number of anilines is 1. The predicted molar refractivity (Wildman–Crippen MR) is 70.5 cm³/mol. The van der Waals surface area contributed by atoms with E-state index in [2.05, 4.69) is 36.1 Å². The number of piperidine rings is 1. The van der Waals surface area contributed by atoms with Crippen molar-refractivity contribution in [3.8, 4) is 0 Å². The van der Waals surface area contributed by atoms with E-state index in [0.29, 0.717) is 0 Å². The average molecular weight is 231 g/mol. The molecule has 0 atom stereocenters. The lowest BCUT2D eigenvalue weighted by atomic mass is 9.88. The lowest BCUT2D eigenvalue weighted by molar-refractivity contribution is -0.0146. The zero-order chi connectivity index (χ0) is 11.7. The van der Waals surface area contributed by atoms with E-state index in [1.165, 1.54) is 36.9 Å². The molecule has 92 valence electrons. The lowest BCUT2D eigenvalue weighted by Crippen LogP contribution is -2.44. The molecule has 0 aromatic heterocycles. The maximum atomic E-state index is 5.96. The second kappa shape index (κ2) is 4.34. The first kappa shape index (κ1) is 11.1. The van der Waals surface area contributed by atoms with Crippen LogP contribution in [0.3, 0.4) is 0 Å². The summed E-state index contributed by atoms with van der Waals surface area (Å²) in [5.74, 6) is 0. The van der Waals surface area contributed by atoms with E-state index in [1.54, 1.807) is 0 Å². The van der Waals surface area contributed by atoms with Crippen molar-refractivity contribution in [3.63, 3.8) is 0 Å². The Morgan fingerprint density at radius 2 is 2.00 bits per heavy atom. The Morgan fingerprint density at radius 3 is 2.65 bits per heavy atom. The molecule has 1 aromatic carbocycles. The van der Waals surface area contributed by atoms with Crippen molar-refractivity contribution < 1.29 is 4.74 Å². The zero-order valence-corrected chi connectivity index (χ0v) is 10.6. The number of ether oxygens (including phenoxy) is 1. The van der Waals surface area contributed by atoms with Gasteiger partial charge in [-0.25, -0.2) is 0 Å². The summed E-state index contributed by atoms with van der Waals surface area (Å²) in [6.45, 7) is 5.42. The van der Waals surface area contributed by atoms with Crippen LogP contribution in [0.5, 0.6) is 0 Å². The summed E-state index contributed by atoms with van der Waals surface area (Å²) in [5, 5.41) is 0. The number of aryl methyl sites for hydroxylation is 1. The van der Waals surface area contributed by atoms with E-state index < -0.39 is 0 Å². The van der Waals surface area contributed by atoms with Gasteiger partial charge in [-0.3, -0.25) is 0 Å². The average Bonchev–Trinajstić information content (AvgIpc) is 2.79. The van der Waals surface area contributed by atoms with E-state index in [4.69, 9.17) is 4.74 Å². The fourth-order valence-corrected chi connectivity index (χ4v) is 3.15. The van der Waals surface area contributed by atoms with E-state index in [1.807, 2.05) is 0 Å². The fraction of sp³-hybridized carbons (Fsp3) is 0.600. The quantitative estimate of drug-likeness (QED) is 0.736. The van der Waals surface area contributed by atoms with Crippen molar-refractivity contribution in [1.82, 2.24) is 0 Å². The highest BCUT2D eigenvalue weighted by Gasteiger charge is 2.38. The Bertz CT molecular complexity index is 386. The molecule has 3 rings (SSSR count). The summed E-state index contributed by atoms with van der Waals surface area (Å²) in [7, 11) is 0. The minimum Gasteiger partial charge on any atom is -0.375 e. The van der Waals surface area contributed by atoms with Crippen molar-refractivity contribution in [2.75, 3.05) is 24.6 Å². The summed E-state index contributed by atoms with van der Waals surface area (Å²) in [6.07, 6.45) is 4.92. The number of hydrogen-bond acceptors (Lipinski definition) is 2. The first-order valence-corrected chi connectivity index (χ1v) is 6.73. The Balaban J connectivity index is 1.68. The second-order valence-electron chi connectivity index (χ2n) is 5.46. The van der Waals surface area contributed by atoms with Gasteiger partial charge in [-0.15, -0.1) is 0 Å². The third-order valence-electron chi connectivity index (χ3n) is 4.23. The highest BCUT2D eigenvalue weighted by molar-refractivity contribution is 5.48. The monoisotopic (exact) mass is 231 g/mol. The van der Waals surface area contributed by atoms with E-state index in [9.17, 15) is 0 Å². The van der Waals surface area contributed by atoms with Gasteiger partial charge in [0.1, 0.15) is 0 Å². The van der Waals surface area contributed by atoms with Crippen LogP contribution < -0.4 is 4.90 Å². The minimum atomic E-state index is 0.236. The van der Waals surface area contributed by atoms with Gasteiger partial charge in [0.15, 0.2) is 0 Å². The van der Waals surface area contributed by atoms with Gasteiger partial charge in [-0.2, -0.15) is 0 Å². The maximum absolute atomic E-state index is 5.96. The number of nitrogens with zero attached hydrogens (tertiary/aromatic N) is 1. The smallest absolute Gasteiger partial charge is 0.0717 e. The van der Waals surface area contributed by atoms with Gasteiger partial charge in [0.25, 0.3) is 0 Å². The zero-order valence-electron chi connectivity index (χ0n) is 10.6. The third-order valence-corrected chi connectivity index (χ3v) is 4.23. The van der Waals surface area contributed by atoms with Gasteiger partial charge >= 0.3 is 0 Å². The summed E-state index contributed by atoms with van der Waals surface area (Å²) >= 11 is 0. The molecule has 2 fully saturated rings.